The third-order valence-corrected chi connectivity index (χ3v) is 5.98. The van der Waals surface area contributed by atoms with Crippen molar-refractivity contribution in [3.05, 3.63) is 52.0 Å². The first-order valence-electron chi connectivity index (χ1n) is 7.83. The number of benzene rings is 2. The highest BCUT2D eigenvalue weighted by Crippen LogP contribution is 2.27. The van der Waals surface area contributed by atoms with Crippen molar-refractivity contribution < 1.29 is 17.9 Å². The standard InChI is InChI=1S/C18H21BrN2O4S/c1-12-9-14(19)10-13(2)18(12)25-11-17(22)20-15-5-7-16(8-6-15)26(23,24)21(3)4/h5-10H,11H2,1-4H3,(H,20,22). The quantitative estimate of drug-likeness (QED) is 0.746. The van der Waals surface area contributed by atoms with Crippen LogP contribution >= 0.6 is 15.9 Å². The molecule has 0 aliphatic rings. The van der Waals surface area contributed by atoms with Crippen molar-refractivity contribution in [2.24, 2.45) is 0 Å². The van der Waals surface area contributed by atoms with Crippen LogP contribution in [0.1, 0.15) is 11.1 Å². The molecule has 0 unspecified atom stereocenters. The van der Waals surface area contributed by atoms with Gasteiger partial charge in [0.25, 0.3) is 5.91 Å². The maximum Gasteiger partial charge on any atom is 0.262 e. The van der Waals surface area contributed by atoms with E-state index in [2.05, 4.69) is 21.2 Å². The first kappa shape index (κ1) is 20.4. The minimum Gasteiger partial charge on any atom is -0.483 e. The minimum atomic E-state index is -3.49. The number of nitrogens with one attached hydrogen (secondary N) is 1. The Kier molecular flexibility index (Phi) is 6.44. The highest BCUT2D eigenvalue weighted by Gasteiger charge is 2.17. The van der Waals surface area contributed by atoms with Crippen molar-refractivity contribution in [3.63, 3.8) is 0 Å². The number of sulfonamides is 1. The molecule has 0 saturated carbocycles. The van der Waals surface area contributed by atoms with Gasteiger partial charge in [-0.05, 0) is 61.4 Å². The number of halogens is 1. The molecule has 0 fully saturated rings. The number of amides is 1. The van der Waals surface area contributed by atoms with Gasteiger partial charge in [-0.3, -0.25) is 4.79 Å². The summed E-state index contributed by atoms with van der Waals surface area (Å²) in [5, 5.41) is 2.69. The van der Waals surface area contributed by atoms with E-state index >= 15 is 0 Å². The SMILES string of the molecule is Cc1cc(Br)cc(C)c1OCC(=O)Nc1ccc(S(=O)(=O)N(C)C)cc1. The van der Waals surface area contributed by atoms with Crippen LogP contribution in [-0.2, 0) is 14.8 Å². The van der Waals surface area contributed by atoms with Crippen molar-refractivity contribution >= 4 is 37.5 Å². The van der Waals surface area contributed by atoms with E-state index in [0.717, 1.165) is 19.9 Å². The Morgan fingerprint density at radius 1 is 1.12 bits per heavy atom. The van der Waals surface area contributed by atoms with E-state index in [-0.39, 0.29) is 17.4 Å². The number of rotatable bonds is 6. The van der Waals surface area contributed by atoms with E-state index in [1.54, 1.807) is 12.1 Å². The Bertz CT molecular complexity index is 886. The first-order chi connectivity index (χ1) is 12.1. The van der Waals surface area contributed by atoms with Gasteiger partial charge in [0.2, 0.25) is 10.0 Å². The van der Waals surface area contributed by atoms with Gasteiger partial charge < -0.3 is 10.1 Å². The van der Waals surface area contributed by atoms with Gasteiger partial charge in [-0.15, -0.1) is 0 Å². The Morgan fingerprint density at radius 3 is 2.15 bits per heavy atom. The summed E-state index contributed by atoms with van der Waals surface area (Å²) in [5.41, 5.74) is 2.37. The molecule has 0 bridgehead atoms. The maximum atomic E-state index is 12.1. The lowest BCUT2D eigenvalue weighted by Crippen LogP contribution is -2.22. The highest BCUT2D eigenvalue weighted by molar-refractivity contribution is 9.10. The zero-order chi connectivity index (χ0) is 19.5. The largest absolute Gasteiger partial charge is 0.483 e. The van der Waals surface area contributed by atoms with Crippen LogP contribution < -0.4 is 10.1 Å². The molecular formula is C18H21BrN2O4S. The van der Waals surface area contributed by atoms with Gasteiger partial charge in [0.1, 0.15) is 5.75 Å². The van der Waals surface area contributed by atoms with E-state index in [1.165, 1.54) is 26.2 Å². The molecule has 0 heterocycles. The van der Waals surface area contributed by atoms with Gasteiger partial charge in [-0.1, -0.05) is 15.9 Å². The van der Waals surface area contributed by atoms with Gasteiger partial charge in [0, 0.05) is 24.3 Å². The molecule has 0 aliphatic heterocycles. The molecule has 2 aromatic carbocycles. The molecule has 6 nitrogen and oxygen atoms in total. The molecule has 1 N–H and O–H groups in total. The van der Waals surface area contributed by atoms with Crippen molar-refractivity contribution in [3.8, 4) is 5.75 Å². The van der Waals surface area contributed by atoms with Crippen molar-refractivity contribution in [2.75, 3.05) is 26.0 Å². The zero-order valence-electron chi connectivity index (χ0n) is 15.0. The second-order valence-electron chi connectivity index (χ2n) is 6.02. The fourth-order valence-corrected chi connectivity index (χ4v) is 3.97. The third kappa shape index (κ3) is 4.84. The molecule has 0 spiro atoms. The summed E-state index contributed by atoms with van der Waals surface area (Å²) in [6.07, 6.45) is 0. The maximum absolute atomic E-state index is 12.1. The van der Waals surface area contributed by atoms with Crippen LogP contribution in [0.2, 0.25) is 0 Å². The molecule has 1 amide bonds. The second-order valence-corrected chi connectivity index (χ2v) is 9.08. The molecule has 0 saturated heterocycles. The summed E-state index contributed by atoms with van der Waals surface area (Å²) in [6.45, 7) is 3.69. The fraction of sp³-hybridized carbons (Fsp3) is 0.278. The number of carbonyl (C=O) groups is 1. The number of carbonyl (C=O) groups excluding carboxylic acids is 1. The lowest BCUT2D eigenvalue weighted by atomic mass is 10.1. The van der Waals surface area contributed by atoms with E-state index in [9.17, 15) is 13.2 Å². The van der Waals surface area contributed by atoms with Gasteiger partial charge in [0.15, 0.2) is 6.61 Å². The Hall–Kier alpha value is -1.90. The summed E-state index contributed by atoms with van der Waals surface area (Å²) in [7, 11) is -0.556. The monoisotopic (exact) mass is 440 g/mol. The van der Waals surface area contributed by atoms with Crippen molar-refractivity contribution in [1.29, 1.82) is 0 Å². The van der Waals surface area contributed by atoms with E-state index in [0.29, 0.717) is 11.4 Å². The Labute approximate surface area is 162 Å². The van der Waals surface area contributed by atoms with Gasteiger partial charge >= 0.3 is 0 Å². The predicted molar refractivity (Wildman–Crippen MR) is 105 cm³/mol. The summed E-state index contributed by atoms with van der Waals surface area (Å²) in [6, 6.07) is 9.84. The summed E-state index contributed by atoms with van der Waals surface area (Å²) in [4.78, 5) is 12.3. The topological polar surface area (TPSA) is 75.7 Å². The summed E-state index contributed by atoms with van der Waals surface area (Å²) in [5.74, 6) is 0.353. The number of ether oxygens (including phenoxy) is 1. The third-order valence-electron chi connectivity index (χ3n) is 3.69. The molecular weight excluding hydrogens is 420 g/mol. The lowest BCUT2D eigenvalue weighted by Gasteiger charge is -2.13. The Morgan fingerprint density at radius 2 is 1.65 bits per heavy atom. The van der Waals surface area contributed by atoms with Gasteiger partial charge in [0.05, 0.1) is 4.90 Å². The molecule has 140 valence electrons. The minimum absolute atomic E-state index is 0.138. The predicted octanol–water partition coefficient (Wildman–Crippen LogP) is 3.33. The molecule has 0 aliphatic carbocycles. The molecule has 0 atom stereocenters. The number of aryl methyl sites for hydroxylation is 2. The van der Waals surface area contributed by atoms with Crippen LogP contribution in [0.5, 0.6) is 5.75 Å². The van der Waals surface area contributed by atoms with E-state index < -0.39 is 10.0 Å². The molecule has 8 heteroatoms. The van der Waals surface area contributed by atoms with Crippen LogP contribution in [0, 0.1) is 13.8 Å². The van der Waals surface area contributed by atoms with Crippen LogP contribution in [-0.4, -0.2) is 39.3 Å². The molecule has 2 aromatic rings. The van der Waals surface area contributed by atoms with Crippen LogP contribution in [0.3, 0.4) is 0 Å². The molecule has 2 rings (SSSR count). The average Bonchev–Trinajstić information content (AvgIpc) is 2.54. The highest BCUT2D eigenvalue weighted by atomic mass is 79.9. The second kappa shape index (κ2) is 8.20. The van der Waals surface area contributed by atoms with Crippen LogP contribution in [0.25, 0.3) is 0 Å². The number of anilines is 1. The van der Waals surface area contributed by atoms with Crippen LogP contribution in [0.15, 0.2) is 45.8 Å². The number of hydrogen-bond acceptors (Lipinski definition) is 4. The fourth-order valence-electron chi connectivity index (χ4n) is 2.38. The van der Waals surface area contributed by atoms with Crippen LogP contribution in [0.4, 0.5) is 5.69 Å². The first-order valence-corrected chi connectivity index (χ1v) is 10.1. The molecule has 26 heavy (non-hydrogen) atoms. The van der Waals surface area contributed by atoms with Crippen molar-refractivity contribution in [2.45, 2.75) is 18.7 Å². The summed E-state index contributed by atoms with van der Waals surface area (Å²) < 4.78 is 31.8. The smallest absolute Gasteiger partial charge is 0.262 e. The summed E-state index contributed by atoms with van der Waals surface area (Å²) >= 11 is 3.42. The van der Waals surface area contributed by atoms with Gasteiger partial charge in [-0.2, -0.15) is 0 Å². The van der Waals surface area contributed by atoms with Crippen molar-refractivity contribution in [1.82, 2.24) is 4.31 Å². The number of nitrogens with zero attached hydrogens (tertiary/aromatic N) is 1. The molecule has 0 aromatic heterocycles. The van der Waals surface area contributed by atoms with E-state index in [1.807, 2.05) is 26.0 Å². The van der Waals surface area contributed by atoms with E-state index in [4.69, 9.17) is 4.74 Å². The average molecular weight is 441 g/mol. The Balaban J connectivity index is 2.01. The van der Waals surface area contributed by atoms with Gasteiger partial charge in [-0.25, -0.2) is 12.7 Å². The molecule has 0 radical (unpaired) electrons. The number of hydrogen-bond donors (Lipinski definition) is 1. The normalized spacial score (nSPS) is 11.5. The lowest BCUT2D eigenvalue weighted by molar-refractivity contribution is -0.118. The zero-order valence-corrected chi connectivity index (χ0v) is 17.4.